The molecule has 98 valence electrons. The summed E-state index contributed by atoms with van der Waals surface area (Å²) in [7, 11) is 1.67. The molecule has 0 aliphatic rings. The summed E-state index contributed by atoms with van der Waals surface area (Å²) in [6, 6.07) is 10.1. The minimum absolute atomic E-state index is 0.00359. The van der Waals surface area contributed by atoms with Crippen molar-refractivity contribution < 1.29 is 4.92 Å². The first-order valence-corrected chi connectivity index (χ1v) is 6.55. The quantitative estimate of drug-likeness (QED) is 0.685. The van der Waals surface area contributed by atoms with Crippen molar-refractivity contribution >= 4 is 34.9 Å². The van der Waals surface area contributed by atoms with Gasteiger partial charge in [0.05, 0.1) is 11.0 Å². The fraction of sp³-hybridized carbons (Fsp3) is 0.0833. The largest absolute Gasteiger partial charge is 0.373 e. The molecule has 5 nitrogen and oxygen atoms in total. The van der Waals surface area contributed by atoms with Crippen LogP contribution in [0.3, 0.4) is 0 Å². The fourth-order valence-corrected chi connectivity index (χ4v) is 2.58. The van der Waals surface area contributed by atoms with E-state index in [0.717, 1.165) is 4.90 Å². The van der Waals surface area contributed by atoms with E-state index in [1.165, 1.54) is 23.9 Å². The molecule has 0 saturated heterocycles. The second-order valence-electron chi connectivity index (χ2n) is 3.62. The normalized spacial score (nSPS) is 10.2. The second kappa shape index (κ2) is 5.90. The predicted molar refractivity (Wildman–Crippen MR) is 76.0 cm³/mol. The van der Waals surface area contributed by atoms with Crippen LogP contribution in [-0.2, 0) is 0 Å². The SMILES string of the molecule is CNc1cc([N+](=O)[O-])cc(Sc2cccc(Cl)c2)n1. The number of benzene rings is 1. The van der Waals surface area contributed by atoms with E-state index in [-0.39, 0.29) is 5.69 Å². The molecule has 0 radical (unpaired) electrons. The van der Waals surface area contributed by atoms with E-state index in [1.807, 2.05) is 12.1 Å². The van der Waals surface area contributed by atoms with E-state index in [1.54, 1.807) is 19.2 Å². The number of hydrogen-bond donors (Lipinski definition) is 1. The zero-order valence-electron chi connectivity index (χ0n) is 9.96. The van der Waals surface area contributed by atoms with Crippen LogP contribution in [-0.4, -0.2) is 17.0 Å². The van der Waals surface area contributed by atoms with Gasteiger partial charge in [-0.05, 0) is 18.2 Å². The van der Waals surface area contributed by atoms with Gasteiger partial charge in [-0.15, -0.1) is 0 Å². The van der Waals surface area contributed by atoms with Crippen molar-refractivity contribution in [2.75, 3.05) is 12.4 Å². The Hall–Kier alpha value is -1.79. The number of anilines is 1. The molecular weight excluding hydrogens is 286 g/mol. The molecule has 2 rings (SSSR count). The van der Waals surface area contributed by atoms with Crippen molar-refractivity contribution in [2.24, 2.45) is 0 Å². The molecule has 0 fully saturated rings. The van der Waals surface area contributed by atoms with Crippen LogP contribution in [0.2, 0.25) is 5.02 Å². The van der Waals surface area contributed by atoms with Gasteiger partial charge in [-0.2, -0.15) is 0 Å². The van der Waals surface area contributed by atoms with Gasteiger partial charge >= 0.3 is 0 Å². The number of rotatable bonds is 4. The van der Waals surface area contributed by atoms with Gasteiger partial charge in [0.15, 0.2) is 0 Å². The maximum atomic E-state index is 10.8. The van der Waals surface area contributed by atoms with Crippen LogP contribution in [0.15, 0.2) is 46.3 Å². The molecule has 2 aromatic rings. The average molecular weight is 296 g/mol. The van der Waals surface area contributed by atoms with Crippen molar-refractivity contribution in [3.63, 3.8) is 0 Å². The molecule has 0 spiro atoms. The molecule has 0 atom stereocenters. The van der Waals surface area contributed by atoms with E-state index >= 15 is 0 Å². The molecule has 0 bridgehead atoms. The van der Waals surface area contributed by atoms with Crippen LogP contribution < -0.4 is 5.32 Å². The van der Waals surface area contributed by atoms with Crippen LogP contribution in [0.1, 0.15) is 0 Å². The molecule has 0 amide bonds. The average Bonchev–Trinajstić information content (AvgIpc) is 2.38. The maximum Gasteiger partial charge on any atom is 0.275 e. The molecule has 1 aromatic heterocycles. The van der Waals surface area contributed by atoms with Crippen molar-refractivity contribution in [1.29, 1.82) is 0 Å². The van der Waals surface area contributed by atoms with Crippen molar-refractivity contribution in [3.05, 3.63) is 51.5 Å². The molecule has 0 aliphatic heterocycles. The summed E-state index contributed by atoms with van der Waals surface area (Å²) in [4.78, 5) is 15.5. The summed E-state index contributed by atoms with van der Waals surface area (Å²) >= 11 is 7.22. The van der Waals surface area contributed by atoms with E-state index in [2.05, 4.69) is 10.3 Å². The number of aromatic nitrogens is 1. The summed E-state index contributed by atoms with van der Waals surface area (Å²) in [5.41, 5.74) is 0.00359. The lowest BCUT2D eigenvalue weighted by molar-refractivity contribution is -0.385. The van der Waals surface area contributed by atoms with Crippen LogP contribution in [0.25, 0.3) is 0 Å². The highest BCUT2D eigenvalue weighted by molar-refractivity contribution is 7.99. The van der Waals surface area contributed by atoms with E-state index in [4.69, 9.17) is 11.6 Å². The number of nitrogens with one attached hydrogen (secondary N) is 1. The Morgan fingerprint density at radius 3 is 2.79 bits per heavy atom. The minimum atomic E-state index is -0.440. The first-order chi connectivity index (χ1) is 9.08. The topological polar surface area (TPSA) is 68.1 Å². The molecule has 0 unspecified atom stereocenters. The third kappa shape index (κ3) is 3.59. The number of halogens is 1. The lowest BCUT2D eigenvalue weighted by atomic mass is 10.4. The lowest BCUT2D eigenvalue weighted by Crippen LogP contribution is -1.96. The summed E-state index contributed by atoms with van der Waals surface area (Å²) in [5, 5.41) is 14.8. The third-order valence-electron chi connectivity index (χ3n) is 2.27. The molecule has 1 aromatic carbocycles. The molecule has 0 aliphatic carbocycles. The third-order valence-corrected chi connectivity index (χ3v) is 3.42. The lowest BCUT2D eigenvalue weighted by Gasteiger charge is -2.04. The van der Waals surface area contributed by atoms with Gasteiger partial charge < -0.3 is 5.32 Å². The van der Waals surface area contributed by atoms with Crippen LogP contribution in [0.4, 0.5) is 11.5 Å². The minimum Gasteiger partial charge on any atom is -0.373 e. The predicted octanol–water partition coefficient (Wildman–Crippen LogP) is 3.84. The summed E-state index contributed by atoms with van der Waals surface area (Å²) < 4.78 is 0. The van der Waals surface area contributed by atoms with E-state index < -0.39 is 4.92 Å². The highest BCUT2D eigenvalue weighted by Crippen LogP contribution is 2.31. The van der Waals surface area contributed by atoms with Gasteiger partial charge in [0, 0.05) is 23.0 Å². The summed E-state index contributed by atoms with van der Waals surface area (Å²) in [5.74, 6) is 0.457. The zero-order valence-corrected chi connectivity index (χ0v) is 11.5. The Morgan fingerprint density at radius 2 is 2.16 bits per heavy atom. The van der Waals surface area contributed by atoms with Crippen LogP contribution in [0.5, 0.6) is 0 Å². The zero-order chi connectivity index (χ0) is 13.8. The van der Waals surface area contributed by atoms with Crippen molar-refractivity contribution in [3.8, 4) is 0 Å². The van der Waals surface area contributed by atoms with E-state index in [0.29, 0.717) is 15.9 Å². The summed E-state index contributed by atoms with van der Waals surface area (Å²) in [6.07, 6.45) is 0. The van der Waals surface area contributed by atoms with Crippen LogP contribution in [0, 0.1) is 10.1 Å². The van der Waals surface area contributed by atoms with Gasteiger partial charge in [-0.3, -0.25) is 10.1 Å². The number of hydrogen-bond acceptors (Lipinski definition) is 5. The van der Waals surface area contributed by atoms with Gasteiger partial charge in [0.25, 0.3) is 5.69 Å². The van der Waals surface area contributed by atoms with Gasteiger partial charge in [0.1, 0.15) is 10.8 Å². The maximum absolute atomic E-state index is 10.8. The smallest absolute Gasteiger partial charge is 0.275 e. The van der Waals surface area contributed by atoms with Gasteiger partial charge in [-0.25, -0.2) is 4.98 Å². The molecule has 0 saturated carbocycles. The monoisotopic (exact) mass is 295 g/mol. The first kappa shape index (κ1) is 13.6. The Morgan fingerprint density at radius 1 is 1.37 bits per heavy atom. The summed E-state index contributed by atoms with van der Waals surface area (Å²) in [6.45, 7) is 0. The Labute approximate surface area is 119 Å². The Kier molecular flexibility index (Phi) is 4.24. The highest BCUT2D eigenvalue weighted by Gasteiger charge is 2.11. The van der Waals surface area contributed by atoms with Gasteiger partial charge in [0.2, 0.25) is 0 Å². The Bertz CT molecular complexity index is 622. The number of nitrogens with zero attached hydrogens (tertiary/aromatic N) is 2. The first-order valence-electron chi connectivity index (χ1n) is 5.36. The van der Waals surface area contributed by atoms with Crippen molar-refractivity contribution in [2.45, 2.75) is 9.92 Å². The van der Waals surface area contributed by atoms with E-state index in [9.17, 15) is 10.1 Å². The molecule has 7 heteroatoms. The fourth-order valence-electron chi connectivity index (χ4n) is 1.43. The Balaban J connectivity index is 2.34. The number of pyridine rings is 1. The molecule has 1 heterocycles. The highest BCUT2D eigenvalue weighted by atomic mass is 35.5. The number of nitro groups is 1. The molecule has 19 heavy (non-hydrogen) atoms. The van der Waals surface area contributed by atoms with Gasteiger partial charge in [-0.1, -0.05) is 29.4 Å². The van der Waals surface area contributed by atoms with Crippen molar-refractivity contribution in [1.82, 2.24) is 4.98 Å². The van der Waals surface area contributed by atoms with Crippen LogP contribution >= 0.6 is 23.4 Å². The molecule has 1 N–H and O–H groups in total. The second-order valence-corrected chi connectivity index (χ2v) is 5.15. The molecular formula is C12H10ClN3O2S. The standard InChI is InChI=1S/C12H10ClN3O2S/c1-14-11-6-9(16(17)18)7-12(15-11)19-10-4-2-3-8(13)5-10/h2-7H,1H3,(H,14,15).